The largest absolute Gasteiger partial charge is 0.507 e. The topological polar surface area (TPSA) is 98.2 Å². The van der Waals surface area contributed by atoms with Crippen LogP contribution in [0.4, 0.5) is 0 Å². The van der Waals surface area contributed by atoms with Crippen molar-refractivity contribution in [1.82, 2.24) is 15.5 Å². The number of aromatic nitrogens is 2. The molecule has 2 aromatic carbocycles. The summed E-state index contributed by atoms with van der Waals surface area (Å²) in [6.07, 6.45) is 1.44. The lowest BCUT2D eigenvalue weighted by molar-refractivity contribution is 0.0951. The number of aromatic hydroxyl groups is 2. The number of aryl methyl sites for hydroxylation is 1. The van der Waals surface area contributed by atoms with E-state index in [4.69, 9.17) is 11.6 Å². The van der Waals surface area contributed by atoms with E-state index in [1.165, 1.54) is 12.3 Å². The van der Waals surface area contributed by atoms with E-state index in [2.05, 4.69) is 15.5 Å². The van der Waals surface area contributed by atoms with Crippen molar-refractivity contribution in [2.24, 2.45) is 0 Å². The zero-order valence-electron chi connectivity index (χ0n) is 13.4. The molecule has 0 aliphatic heterocycles. The summed E-state index contributed by atoms with van der Waals surface area (Å²) in [6, 6.07) is 10.3. The number of rotatable bonds is 4. The number of hydrogen-bond donors (Lipinski definition) is 4. The van der Waals surface area contributed by atoms with Gasteiger partial charge in [-0.2, -0.15) is 5.10 Å². The van der Waals surface area contributed by atoms with Crippen LogP contribution in [0, 0.1) is 6.92 Å². The van der Waals surface area contributed by atoms with Gasteiger partial charge in [-0.3, -0.25) is 9.89 Å². The van der Waals surface area contributed by atoms with Crippen molar-refractivity contribution in [3.8, 4) is 22.8 Å². The number of H-pyrrole nitrogens is 1. The Kier molecular flexibility index (Phi) is 4.63. The molecule has 0 aliphatic rings. The predicted molar refractivity (Wildman–Crippen MR) is 94.7 cm³/mol. The predicted octanol–water partition coefficient (Wildman–Crippen LogP) is 3.38. The number of phenols is 2. The molecule has 0 saturated heterocycles. The van der Waals surface area contributed by atoms with Crippen molar-refractivity contribution in [1.29, 1.82) is 0 Å². The van der Waals surface area contributed by atoms with Crippen molar-refractivity contribution >= 4 is 17.5 Å². The first-order valence-corrected chi connectivity index (χ1v) is 7.93. The Morgan fingerprint density at radius 1 is 1.20 bits per heavy atom. The number of benzene rings is 2. The molecule has 0 radical (unpaired) electrons. The molecule has 3 rings (SSSR count). The summed E-state index contributed by atoms with van der Waals surface area (Å²) in [6.45, 7) is 2.36. The summed E-state index contributed by atoms with van der Waals surface area (Å²) >= 11 is 5.89. The van der Waals surface area contributed by atoms with E-state index >= 15 is 0 Å². The van der Waals surface area contributed by atoms with Crippen LogP contribution in [0.5, 0.6) is 11.5 Å². The lowest BCUT2D eigenvalue weighted by Crippen LogP contribution is -2.23. The minimum absolute atomic E-state index is 0.0572. The van der Waals surface area contributed by atoms with Gasteiger partial charge in [-0.05, 0) is 18.6 Å². The van der Waals surface area contributed by atoms with Crippen LogP contribution in [0.25, 0.3) is 11.3 Å². The van der Waals surface area contributed by atoms with Crippen LogP contribution in [0.1, 0.15) is 21.5 Å². The third-order valence-electron chi connectivity index (χ3n) is 3.78. The number of halogens is 1. The van der Waals surface area contributed by atoms with E-state index < -0.39 is 0 Å². The number of carbonyl (C=O) groups is 1. The van der Waals surface area contributed by atoms with Gasteiger partial charge in [0.2, 0.25) is 0 Å². The Morgan fingerprint density at radius 2 is 1.92 bits per heavy atom. The molecule has 0 spiro atoms. The zero-order valence-corrected chi connectivity index (χ0v) is 14.1. The van der Waals surface area contributed by atoms with Gasteiger partial charge in [0.25, 0.3) is 5.91 Å². The Balaban J connectivity index is 1.82. The smallest absolute Gasteiger partial charge is 0.255 e. The van der Waals surface area contributed by atoms with E-state index in [1.54, 1.807) is 0 Å². The molecule has 1 aromatic heterocycles. The van der Waals surface area contributed by atoms with Gasteiger partial charge in [-0.25, -0.2) is 0 Å². The molecular formula is C18H16ClN3O3. The molecule has 0 bridgehead atoms. The van der Waals surface area contributed by atoms with Crippen LogP contribution in [0.3, 0.4) is 0 Å². The molecule has 0 fully saturated rings. The fraction of sp³-hybridized carbons (Fsp3) is 0.111. The summed E-state index contributed by atoms with van der Waals surface area (Å²) in [5, 5.41) is 29.1. The van der Waals surface area contributed by atoms with Gasteiger partial charge in [0.15, 0.2) is 0 Å². The maximum absolute atomic E-state index is 12.5. The highest BCUT2D eigenvalue weighted by atomic mass is 35.5. The Bertz CT molecular complexity index is 920. The highest BCUT2D eigenvalue weighted by Gasteiger charge is 2.19. The highest BCUT2D eigenvalue weighted by Crippen LogP contribution is 2.37. The van der Waals surface area contributed by atoms with Crippen molar-refractivity contribution in [2.45, 2.75) is 13.5 Å². The molecule has 25 heavy (non-hydrogen) atoms. The number of nitrogens with one attached hydrogen (secondary N) is 2. The third-order valence-corrected chi connectivity index (χ3v) is 4.08. The first-order chi connectivity index (χ1) is 12.0. The maximum atomic E-state index is 12.5. The number of carbonyl (C=O) groups excluding carboxylic acids is 1. The molecule has 0 saturated carbocycles. The van der Waals surface area contributed by atoms with E-state index in [0.29, 0.717) is 6.54 Å². The van der Waals surface area contributed by atoms with Gasteiger partial charge in [-0.15, -0.1) is 0 Å². The molecule has 0 atom stereocenters. The van der Waals surface area contributed by atoms with Crippen LogP contribution in [0.2, 0.25) is 5.02 Å². The molecule has 6 nitrogen and oxygen atoms in total. The van der Waals surface area contributed by atoms with E-state index in [0.717, 1.165) is 17.2 Å². The number of aromatic amines is 1. The lowest BCUT2D eigenvalue weighted by Gasteiger charge is -2.08. The standard InChI is InChI=1S/C18H16ClN3O3/c1-10-2-4-11(5-3-10)8-20-18(25)13-9-21-22-17(13)12-6-14(19)16(24)7-15(12)23/h2-7,9,23-24H,8H2,1H3,(H,20,25)(H,21,22). The Morgan fingerprint density at radius 3 is 2.64 bits per heavy atom. The molecular weight excluding hydrogens is 342 g/mol. The Hall–Kier alpha value is -2.99. The summed E-state index contributed by atoms with van der Waals surface area (Å²) in [7, 11) is 0. The van der Waals surface area contributed by atoms with Gasteiger partial charge in [0, 0.05) is 24.4 Å². The van der Waals surface area contributed by atoms with Crippen LogP contribution in [0.15, 0.2) is 42.6 Å². The molecule has 0 aliphatic carbocycles. The van der Waals surface area contributed by atoms with Crippen molar-refractivity contribution < 1.29 is 15.0 Å². The van der Waals surface area contributed by atoms with Crippen LogP contribution in [-0.4, -0.2) is 26.3 Å². The zero-order chi connectivity index (χ0) is 18.0. The molecule has 7 heteroatoms. The fourth-order valence-corrected chi connectivity index (χ4v) is 2.56. The second-order valence-corrected chi connectivity index (χ2v) is 6.04. The monoisotopic (exact) mass is 357 g/mol. The molecule has 0 unspecified atom stereocenters. The number of phenolic OH excluding ortho intramolecular Hbond substituents is 2. The minimum Gasteiger partial charge on any atom is -0.507 e. The SMILES string of the molecule is Cc1ccc(CNC(=O)c2c[nH]nc2-c2cc(Cl)c(O)cc2O)cc1. The quantitative estimate of drug-likeness (QED) is 0.575. The first kappa shape index (κ1) is 16.9. The van der Waals surface area contributed by atoms with Gasteiger partial charge >= 0.3 is 0 Å². The van der Waals surface area contributed by atoms with E-state index in [9.17, 15) is 15.0 Å². The highest BCUT2D eigenvalue weighted by molar-refractivity contribution is 6.32. The normalized spacial score (nSPS) is 10.6. The van der Waals surface area contributed by atoms with Gasteiger partial charge in [0.05, 0.1) is 10.6 Å². The van der Waals surface area contributed by atoms with Crippen LogP contribution < -0.4 is 5.32 Å². The van der Waals surface area contributed by atoms with E-state index in [1.807, 2.05) is 31.2 Å². The molecule has 3 aromatic rings. The summed E-state index contributed by atoms with van der Waals surface area (Å²) in [5.74, 6) is -0.807. The first-order valence-electron chi connectivity index (χ1n) is 7.55. The number of nitrogens with zero attached hydrogens (tertiary/aromatic N) is 1. The van der Waals surface area contributed by atoms with Crippen LogP contribution in [-0.2, 0) is 6.54 Å². The van der Waals surface area contributed by atoms with Gasteiger partial charge in [0.1, 0.15) is 17.2 Å². The molecule has 1 heterocycles. The number of hydrogen-bond acceptors (Lipinski definition) is 4. The second kappa shape index (κ2) is 6.86. The average molecular weight is 358 g/mol. The second-order valence-electron chi connectivity index (χ2n) is 5.64. The average Bonchev–Trinajstić information content (AvgIpc) is 3.07. The van der Waals surface area contributed by atoms with E-state index in [-0.39, 0.29) is 39.2 Å². The lowest BCUT2D eigenvalue weighted by atomic mass is 10.1. The third kappa shape index (κ3) is 3.59. The van der Waals surface area contributed by atoms with Crippen molar-refractivity contribution in [2.75, 3.05) is 0 Å². The molecule has 1 amide bonds. The summed E-state index contributed by atoms with van der Waals surface area (Å²) in [5.41, 5.74) is 2.89. The Labute approximate surface area is 149 Å². The molecule has 128 valence electrons. The summed E-state index contributed by atoms with van der Waals surface area (Å²) in [4.78, 5) is 12.5. The van der Waals surface area contributed by atoms with Gasteiger partial charge < -0.3 is 15.5 Å². The molecule has 4 N–H and O–H groups in total. The van der Waals surface area contributed by atoms with Crippen LogP contribution >= 0.6 is 11.6 Å². The van der Waals surface area contributed by atoms with Crippen molar-refractivity contribution in [3.63, 3.8) is 0 Å². The number of amides is 1. The fourth-order valence-electron chi connectivity index (χ4n) is 2.39. The van der Waals surface area contributed by atoms with Gasteiger partial charge in [-0.1, -0.05) is 41.4 Å². The summed E-state index contributed by atoms with van der Waals surface area (Å²) < 4.78 is 0. The maximum Gasteiger partial charge on any atom is 0.255 e. The van der Waals surface area contributed by atoms with Crippen molar-refractivity contribution in [3.05, 3.63) is 64.3 Å². The minimum atomic E-state index is -0.340.